The summed E-state index contributed by atoms with van der Waals surface area (Å²) in [5.41, 5.74) is 0.832. The predicted octanol–water partition coefficient (Wildman–Crippen LogP) is 0.898. The number of hydrogen-bond donors (Lipinski definition) is 3. The first-order valence-corrected chi connectivity index (χ1v) is 8.07. The molecule has 2 amide bonds. The zero-order valence-electron chi connectivity index (χ0n) is 14.6. The molecule has 0 saturated heterocycles. The summed E-state index contributed by atoms with van der Waals surface area (Å²) in [5.74, 6) is -1.15. The second-order valence-corrected chi connectivity index (χ2v) is 5.47. The summed E-state index contributed by atoms with van der Waals surface area (Å²) in [6.07, 6.45) is -0.432. The molecule has 0 bridgehead atoms. The molecule has 2 atom stereocenters. The van der Waals surface area contributed by atoms with E-state index < -0.39 is 30.1 Å². The number of esters is 1. The maximum atomic E-state index is 11.9. The average Bonchev–Trinajstić information content (AvgIpc) is 2.64. The first-order chi connectivity index (χ1) is 12.5. The van der Waals surface area contributed by atoms with E-state index in [1.165, 1.54) is 13.2 Å². The summed E-state index contributed by atoms with van der Waals surface area (Å²) in [6.45, 7) is 3.45. The van der Waals surface area contributed by atoms with Crippen LogP contribution in [0.5, 0.6) is 0 Å². The van der Waals surface area contributed by atoms with Crippen LogP contribution in [-0.2, 0) is 25.7 Å². The summed E-state index contributed by atoms with van der Waals surface area (Å²) in [7, 11) is 1.21. The van der Waals surface area contributed by atoms with E-state index in [9.17, 15) is 19.5 Å². The van der Waals surface area contributed by atoms with Crippen molar-refractivity contribution in [2.75, 3.05) is 13.7 Å². The van der Waals surface area contributed by atoms with Crippen LogP contribution >= 0.6 is 0 Å². The van der Waals surface area contributed by atoms with Crippen molar-refractivity contribution in [3.8, 4) is 0 Å². The van der Waals surface area contributed by atoms with E-state index in [1.807, 2.05) is 30.3 Å². The Morgan fingerprint density at radius 3 is 2.58 bits per heavy atom. The van der Waals surface area contributed by atoms with Crippen LogP contribution in [0.4, 0.5) is 4.79 Å². The largest absolute Gasteiger partial charge is 0.467 e. The fraction of sp³-hybridized carbons (Fsp3) is 0.389. The minimum atomic E-state index is -1.12. The average molecular weight is 364 g/mol. The number of alkyl carbamates (subject to hydrolysis) is 1. The number of aliphatic hydroxyl groups excluding tert-OH is 1. The van der Waals surface area contributed by atoms with E-state index in [1.54, 1.807) is 0 Å². The molecule has 1 rings (SSSR count). The number of methoxy groups -OCH3 is 1. The number of benzene rings is 1. The van der Waals surface area contributed by atoms with E-state index >= 15 is 0 Å². The van der Waals surface area contributed by atoms with Crippen molar-refractivity contribution in [3.05, 3.63) is 48.6 Å². The molecule has 0 heterocycles. The van der Waals surface area contributed by atoms with Gasteiger partial charge in [-0.2, -0.15) is 0 Å². The van der Waals surface area contributed by atoms with Gasteiger partial charge in [-0.1, -0.05) is 36.4 Å². The van der Waals surface area contributed by atoms with Crippen molar-refractivity contribution >= 4 is 18.0 Å². The highest BCUT2D eigenvalue weighted by Crippen LogP contribution is 2.01. The molecule has 1 aromatic rings. The second kappa shape index (κ2) is 11.6. The van der Waals surface area contributed by atoms with Gasteiger partial charge in [0.2, 0.25) is 5.91 Å². The molecule has 0 unspecified atom stereocenters. The Bertz CT molecular complexity index is 605. The van der Waals surface area contributed by atoms with E-state index in [4.69, 9.17) is 4.74 Å². The van der Waals surface area contributed by atoms with Gasteiger partial charge in [0.25, 0.3) is 0 Å². The Hall–Kier alpha value is -2.87. The smallest absolute Gasteiger partial charge is 0.407 e. The van der Waals surface area contributed by atoms with Crippen molar-refractivity contribution in [2.45, 2.75) is 31.6 Å². The lowest BCUT2D eigenvalue weighted by molar-refractivity contribution is -0.145. The number of aliphatic hydroxyl groups is 1. The molecular weight excluding hydrogens is 340 g/mol. The van der Waals surface area contributed by atoms with E-state index in [2.05, 4.69) is 21.9 Å². The Labute approximate surface area is 152 Å². The molecule has 0 aliphatic carbocycles. The maximum absolute atomic E-state index is 11.9. The van der Waals surface area contributed by atoms with Gasteiger partial charge in [-0.05, 0) is 12.0 Å². The summed E-state index contributed by atoms with van der Waals surface area (Å²) in [6, 6.07) is 8.27. The molecule has 1 aromatic carbocycles. The van der Waals surface area contributed by atoms with Crippen LogP contribution < -0.4 is 10.6 Å². The Morgan fingerprint density at radius 2 is 1.96 bits per heavy atom. The quantitative estimate of drug-likeness (QED) is 0.420. The number of carbonyl (C=O) groups is 3. The van der Waals surface area contributed by atoms with Gasteiger partial charge in [-0.25, -0.2) is 9.59 Å². The third kappa shape index (κ3) is 8.29. The van der Waals surface area contributed by atoms with Crippen LogP contribution in [0.1, 0.15) is 18.4 Å². The Balaban J connectivity index is 2.30. The number of hydrogen-bond acceptors (Lipinski definition) is 6. The number of nitrogens with one attached hydrogen (secondary N) is 2. The summed E-state index contributed by atoms with van der Waals surface area (Å²) in [5, 5.41) is 14.6. The fourth-order valence-corrected chi connectivity index (χ4v) is 2.04. The molecule has 0 fully saturated rings. The standard InChI is InChI=1S/C18H24N2O6/c1-3-7-15(17(23)25-2)20-16(22)10-14(21)11-19-18(24)26-12-13-8-5-4-6-9-13/h3-6,8-9,14-15,21H,1,7,10-12H2,2H3,(H,19,24)(H,20,22)/t14-,15-/m1/s1. The first-order valence-electron chi connectivity index (χ1n) is 8.07. The van der Waals surface area contributed by atoms with Crippen molar-refractivity contribution in [3.63, 3.8) is 0 Å². The zero-order chi connectivity index (χ0) is 19.4. The molecule has 8 nitrogen and oxygen atoms in total. The molecule has 142 valence electrons. The van der Waals surface area contributed by atoms with Crippen LogP contribution in [0.25, 0.3) is 0 Å². The number of carbonyl (C=O) groups excluding carboxylic acids is 3. The SMILES string of the molecule is C=CC[C@@H](NC(=O)C[C@@H](O)CNC(=O)OCc1ccccc1)C(=O)OC. The van der Waals surface area contributed by atoms with E-state index in [0.717, 1.165) is 5.56 Å². The van der Waals surface area contributed by atoms with Crippen molar-refractivity contribution in [2.24, 2.45) is 0 Å². The lowest BCUT2D eigenvalue weighted by Gasteiger charge is -2.16. The Kier molecular flexibility index (Phi) is 9.48. The highest BCUT2D eigenvalue weighted by atomic mass is 16.5. The number of amides is 2. The van der Waals surface area contributed by atoms with Gasteiger partial charge in [0, 0.05) is 6.54 Å². The monoisotopic (exact) mass is 364 g/mol. The second-order valence-electron chi connectivity index (χ2n) is 5.47. The number of ether oxygens (including phenoxy) is 2. The van der Waals surface area contributed by atoms with Crippen LogP contribution in [-0.4, -0.2) is 48.9 Å². The van der Waals surface area contributed by atoms with E-state index in [0.29, 0.717) is 0 Å². The van der Waals surface area contributed by atoms with Gasteiger partial charge in [-0.15, -0.1) is 6.58 Å². The predicted molar refractivity (Wildman–Crippen MR) is 94.0 cm³/mol. The molecule has 0 spiro atoms. The molecule has 26 heavy (non-hydrogen) atoms. The number of rotatable bonds is 10. The minimum absolute atomic E-state index is 0.103. The van der Waals surface area contributed by atoms with Gasteiger partial charge >= 0.3 is 12.1 Å². The third-order valence-electron chi connectivity index (χ3n) is 3.34. The maximum Gasteiger partial charge on any atom is 0.407 e. The highest BCUT2D eigenvalue weighted by molar-refractivity contribution is 5.84. The Morgan fingerprint density at radius 1 is 1.27 bits per heavy atom. The van der Waals surface area contributed by atoms with Crippen LogP contribution in [0, 0.1) is 0 Å². The van der Waals surface area contributed by atoms with E-state index in [-0.39, 0.29) is 26.0 Å². The molecule has 8 heteroatoms. The van der Waals surface area contributed by atoms with Crippen LogP contribution in [0.3, 0.4) is 0 Å². The molecule has 3 N–H and O–H groups in total. The van der Waals surface area contributed by atoms with Gasteiger partial charge in [0.1, 0.15) is 12.6 Å². The molecule has 0 aromatic heterocycles. The third-order valence-corrected chi connectivity index (χ3v) is 3.34. The topological polar surface area (TPSA) is 114 Å². The van der Waals surface area contributed by atoms with Gasteiger partial charge in [0.15, 0.2) is 0 Å². The van der Waals surface area contributed by atoms with Crippen molar-refractivity contribution in [1.82, 2.24) is 10.6 Å². The molecule has 0 aliphatic rings. The summed E-state index contributed by atoms with van der Waals surface area (Å²) >= 11 is 0. The molecule has 0 radical (unpaired) electrons. The van der Waals surface area contributed by atoms with Gasteiger partial charge in [-0.3, -0.25) is 4.79 Å². The van der Waals surface area contributed by atoms with Crippen LogP contribution in [0.15, 0.2) is 43.0 Å². The summed E-state index contributed by atoms with van der Waals surface area (Å²) in [4.78, 5) is 34.9. The first kappa shape index (κ1) is 21.2. The fourth-order valence-electron chi connectivity index (χ4n) is 2.04. The van der Waals surface area contributed by atoms with Crippen LogP contribution in [0.2, 0.25) is 0 Å². The highest BCUT2D eigenvalue weighted by Gasteiger charge is 2.21. The summed E-state index contributed by atoms with van der Waals surface area (Å²) < 4.78 is 9.57. The zero-order valence-corrected chi connectivity index (χ0v) is 14.6. The molecule has 0 aliphatic heterocycles. The van der Waals surface area contributed by atoms with Crippen molar-refractivity contribution < 1.29 is 29.0 Å². The van der Waals surface area contributed by atoms with Gasteiger partial charge < -0.3 is 25.2 Å². The minimum Gasteiger partial charge on any atom is -0.467 e. The molecule has 0 saturated carbocycles. The van der Waals surface area contributed by atoms with Gasteiger partial charge in [0.05, 0.1) is 19.6 Å². The lowest BCUT2D eigenvalue weighted by atomic mass is 10.2. The lowest BCUT2D eigenvalue weighted by Crippen LogP contribution is -2.43. The molecular formula is C18H24N2O6. The normalized spacial score (nSPS) is 12.4. The van der Waals surface area contributed by atoms with Crippen molar-refractivity contribution in [1.29, 1.82) is 0 Å².